The molecule has 0 saturated heterocycles. The Kier molecular flexibility index (Phi) is 5.94. The Bertz CT molecular complexity index is 411. The zero-order valence-electron chi connectivity index (χ0n) is 11.1. The maximum absolute atomic E-state index is 5.54. The zero-order chi connectivity index (χ0) is 13.5. The van der Waals surface area contributed by atoms with Crippen LogP contribution in [-0.4, -0.2) is 41.8 Å². The third kappa shape index (κ3) is 4.54. The summed E-state index contributed by atoms with van der Waals surface area (Å²) in [5.74, 6) is 0.839. The number of hydrogen-bond acceptors (Lipinski definition) is 5. The fraction of sp³-hybridized carbons (Fsp3) is 0.583. The molecule has 0 aromatic carbocycles. The van der Waals surface area contributed by atoms with Crippen LogP contribution in [0.1, 0.15) is 17.8 Å². The van der Waals surface area contributed by atoms with Gasteiger partial charge >= 0.3 is 0 Å². The van der Waals surface area contributed by atoms with Crippen molar-refractivity contribution in [3.63, 3.8) is 0 Å². The monoisotopic (exact) mass is 268 g/mol. The second-order valence-corrected chi connectivity index (χ2v) is 4.62. The summed E-state index contributed by atoms with van der Waals surface area (Å²) in [4.78, 5) is 11.4. The van der Waals surface area contributed by atoms with Gasteiger partial charge in [0, 0.05) is 26.6 Å². The number of hydrogen-bond donors (Lipinski definition) is 1. The van der Waals surface area contributed by atoms with E-state index in [-0.39, 0.29) is 0 Å². The minimum atomic E-state index is 0.509. The van der Waals surface area contributed by atoms with E-state index in [0.717, 1.165) is 30.3 Å². The molecule has 0 bridgehead atoms. The van der Waals surface area contributed by atoms with Crippen molar-refractivity contribution in [3.05, 3.63) is 17.6 Å². The molecule has 1 heterocycles. The molecule has 0 aliphatic carbocycles. The SMILES string of the molecule is COCCN(CCC(N)=S)c1cnc(C)c(C)n1. The Morgan fingerprint density at radius 1 is 1.39 bits per heavy atom. The quantitative estimate of drug-likeness (QED) is 0.750. The van der Waals surface area contributed by atoms with Crippen LogP contribution in [0.5, 0.6) is 0 Å². The van der Waals surface area contributed by atoms with E-state index in [0.29, 0.717) is 18.0 Å². The number of ether oxygens (including phenoxy) is 1. The molecule has 100 valence electrons. The summed E-state index contributed by atoms with van der Waals surface area (Å²) < 4.78 is 5.10. The summed E-state index contributed by atoms with van der Waals surface area (Å²) in [5.41, 5.74) is 7.42. The highest BCUT2D eigenvalue weighted by molar-refractivity contribution is 7.80. The molecular weight excluding hydrogens is 248 g/mol. The van der Waals surface area contributed by atoms with E-state index in [9.17, 15) is 0 Å². The number of nitrogens with zero attached hydrogens (tertiary/aromatic N) is 3. The van der Waals surface area contributed by atoms with Gasteiger partial charge in [0.15, 0.2) is 0 Å². The van der Waals surface area contributed by atoms with E-state index in [4.69, 9.17) is 22.7 Å². The van der Waals surface area contributed by atoms with Crippen molar-refractivity contribution < 1.29 is 4.74 Å². The molecule has 0 amide bonds. The molecule has 1 rings (SSSR count). The highest BCUT2D eigenvalue weighted by Gasteiger charge is 2.10. The van der Waals surface area contributed by atoms with E-state index in [1.807, 2.05) is 13.8 Å². The van der Waals surface area contributed by atoms with Crippen molar-refractivity contribution in [2.45, 2.75) is 20.3 Å². The average molecular weight is 268 g/mol. The number of rotatable bonds is 7. The van der Waals surface area contributed by atoms with E-state index >= 15 is 0 Å². The predicted molar refractivity (Wildman–Crippen MR) is 77.0 cm³/mol. The number of aromatic nitrogens is 2. The molecule has 0 aliphatic heterocycles. The van der Waals surface area contributed by atoms with Gasteiger partial charge in [-0.2, -0.15) is 0 Å². The standard InChI is InChI=1S/C12H20N4OS/c1-9-10(2)15-12(8-14-9)16(6-7-17-3)5-4-11(13)18/h8H,4-7H2,1-3H3,(H2,13,18). The van der Waals surface area contributed by atoms with Crippen molar-refractivity contribution in [1.82, 2.24) is 9.97 Å². The van der Waals surface area contributed by atoms with Crippen LogP contribution >= 0.6 is 12.2 Å². The van der Waals surface area contributed by atoms with E-state index in [1.54, 1.807) is 13.3 Å². The molecule has 0 unspecified atom stereocenters. The van der Waals surface area contributed by atoms with Gasteiger partial charge in [0.2, 0.25) is 0 Å². The van der Waals surface area contributed by atoms with E-state index in [2.05, 4.69) is 14.9 Å². The minimum Gasteiger partial charge on any atom is -0.393 e. The number of anilines is 1. The van der Waals surface area contributed by atoms with Crippen LogP contribution < -0.4 is 10.6 Å². The molecule has 0 saturated carbocycles. The van der Waals surface area contributed by atoms with Gasteiger partial charge in [0.05, 0.1) is 29.2 Å². The van der Waals surface area contributed by atoms with Crippen LogP contribution in [0.25, 0.3) is 0 Å². The van der Waals surface area contributed by atoms with Crippen molar-refractivity contribution in [2.24, 2.45) is 5.73 Å². The first kappa shape index (κ1) is 14.8. The maximum Gasteiger partial charge on any atom is 0.147 e. The molecular formula is C12H20N4OS. The van der Waals surface area contributed by atoms with Gasteiger partial charge in [-0.25, -0.2) is 4.98 Å². The fourth-order valence-corrected chi connectivity index (χ4v) is 1.56. The molecule has 0 atom stereocenters. The molecule has 0 fully saturated rings. The van der Waals surface area contributed by atoms with Crippen molar-refractivity contribution in [3.8, 4) is 0 Å². The fourth-order valence-electron chi connectivity index (χ4n) is 1.47. The van der Waals surface area contributed by atoms with Gasteiger partial charge in [-0.05, 0) is 13.8 Å². The largest absolute Gasteiger partial charge is 0.393 e. The first-order valence-corrected chi connectivity index (χ1v) is 6.28. The number of methoxy groups -OCH3 is 1. The van der Waals surface area contributed by atoms with Gasteiger partial charge < -0.3 is 15.4 Å². The lowest BCUT2D eigenvalue weighted by Crippen LogP contribution is -2.31. The number of thiocarbonyl (C=S) groups is 1. The lowest BCUT2D eigenvalue weighted by molar-refractivity contribution is 0.205. The van der Waals surface area contributed by atoms with Gasteiger partial charge in [-0.15, -0.1) is 0 Å². The summed E-state index contributed by atoms with van der Waals surface area (Å²) in [6.45, 7) is 6.01. The maximum atomic E-state index is 5.54. The van der Waals surface area contributed by atoms with Crippen LogP contribution in [0, 0.1) is 13.8 Å². The molecule has 0 aliphatic rings. The summed E-state index contributed by atoms with van der Waals surface area (Å²) in [6.07, 6.45) is 2.44. The number of nitrogens with two attached hydrogens (primary N) is 1. The normalized spacial score (nSPS) is 10.4. The Labute approximate surface area is 113 Å². The Balaban J connectivity index is 2.79. The molecule has 18 heavy (non-hydrogen) atoms. The Morgan fingerprint density at radius 3 is 2.67 bits per heavy atom. The van der Waals surface area contributed by atoms with Crippen LogP contribution in [0.2, 0.25) is 0 Å². The van der Waals surface area contributed by atoms with Crippen LogP contribution in [-0.2, 0) is 4.74 Å². The third-order valence-electron chi connectivity index (χ3n) is 2.70. The molecule has 0 radical (unpaired) electrons. The van der Waals surface area contributed by atoms with Gasteiger partial charge in [0.1, 0.15) is 5.82 Å². The Hall–Kier alpha value is -1.27. The second-order valence-electron chi connectivity index (χ2n) is 4.10. The van der Waals surface area contributed by atoms with Crippen LogP contribution in [0.15, 0.2) is 6.20 Å². The van der Waals surface area contributed by atoms with E-state index < -0.39 is 0 Å². The van der Waals surface area contributed by atoms with Crippen LogP contribution in [0.3, 0.4) is 0 Å². The van der Waals surface area contributed by atoms with E-state index in [1.165, 1.54) is 0 Å². The molecule has 1 aromatic heterocycles. The second kappa shape index (κ2) is 7.23. The zero-order valence-corrected chi connectivity index (χ0v) is 12.0. The first-order valence-electron chi connectivity index (χ1n) is 5.87. The number of aryl methyl sites for hydroxylation is 2. The smallest absolute Gasteiger partial charge is 0.147 e. The Morgan fingerprint density at radius 2 is 2.11 bits per heavy atom. The summed E-state index contributed by atoms with van der Waals surface area (Å²) >= 11 is 4.91. The summed E-state index contributed by atoms with van der Waals surface area (Å²) in [5, 5.41) is 0. The highest BCUT2D eigenvalue weighted by Crippen LogP contribution is 2.12. The molecule has 2 N–H and O–H groups in total. The average Bonchev–Trinajstić information content (AvgIpc) is 2.33. The lowest BCUT2D eigenvalue weighted by Gasteiger charge is -2.23. The van der Waals surface area contributed by atoms with Crippen molar-refractivity contribution >= 4 is 23.0 Å². The van der Waals surface area contributed by atoms with Gasteiger partial charge in [-0.1, -0.05) is 12.2 Å². The van der Waals surface area contributed by atoms with Crippen molar-refractivity contribution in [1.29, 1.82) is 0 Å². The van der Waals surface area contributed by atoms with Gasteiger partial charge in [0.25, 0.3) is 0 Å². The lowest BCUT2D eigenvalue weighted by atomic mass is 10.3. The predicted octanol–water partition coefficient (Wildman–Crippen LogP) is 1.22. The minimum absolute atomic E-state index is 0.509. The van der Waals surface area contributed by atoms with Crippen molar-refractivity contribution in [2.75, 3.05) is 31.7 Å². The molecule has 0 spiro atoms. The third-order valence-corrected chi connectivity index (χ3v) is 2.90. The summed E-state index contributed by atoms with van der Waals surface area (Å²) in [6, 6.07) is 0. The van der Waals surface area contributed by atoms with Gasteiger partial charge in [-0.3, -0.25) is 4.98 Å². The van der Waals surface area contributed by atoms with Crippen LogP contribution in [0.4, 0.5) is 5.82 Å². The molecule has 5 nitrogen and oxygen atoms in total. The molecule has 6 heteroatoms. The summed E-state index contributed by atoms with van der Waals surface area (Å²) in [7, 11) is 1.68. The first-order chi connectivity index (χ1) is 8.54. The molecule has 1 aromatic rings. The topological polar surface area (TPSA) is 64.3 Å². The highest BCUT2D eigenvalue weighted by atomic mass is 32.1.